The highest BCUT2D eigenvalue weighted by Crippen LogP contribution is 2.49. The van der Waals surface area contributed by atoms with Crippen molar-refractivity contribution in [2.45, 2.75) is 13.0 Å². The van der Waals surface area contributed by atoms with Crippen molar-refractivity contribution in [3.05, 3.63) is 48.0 Å². The van der Waals surface area contributed by atoms with E-state index in [1.807, 2.05) is 25.1 Å². The van der Waals surface area contributed by atoms with Gasteiger partial charge in [0.25, 0.3) is 5.91 Å². The molecule has 4 rings (SSSR count). The van der Waals surface area contributed by atoms with E-state index in [9.17, 15) is 4.79 Å². The Morgan fingerprint density at radius 1 is 0.971 bits per heavy atom. The fraction of sp³-hybridized carbons (Fsp3) is 0.423. The number of β-lactam (4-membered cyclic amide) rings is 1. The normalized spacial score (nSPS) is 17.1. The highest BCUT2D eigenvalue weighted by molar-refractivity contribution is 6.15. The lowest BCUT2D eigenvalue weighted by molar-refractivity contribution is -0.119. The Bertz CT molecular complexity index is 1000. The first-order chi connectivity index (χ1) is 17.0. The number of carbonyl (C=O) groups is 1. The van der Waals surface area contributed by atoms with Gasteiger partial charge in [-0.1, -0.05) is 6.58 Å². The summed E-state index contributed by atoms with van der Waals surface area (Å²) in [6, 6.07) is 8.63. The van der Waals surface area contributed by atoms with Gasteiger partial charge in [-0.3, -0.25) is 9.69 Å². The standard InChI is InChI=1S/C22H25NO6.C4H9NO/c1-7-29-17-12-15(25-3)8-9-16(17)20-13(2)22(24)23(20)14-10-18(26-4)21(28-6)19(11-14)27-5;1-3-6-4-2-5-1/h8-12,20H,2,7H2,1,3-6H3;5H,1-4H2. The zero-order valence-corrected chi connectivity index (χ0v) is 21.0. The molecule has 0 saturated carbocycles. The summed E-state index contributed by atoms with van der Waals surface area (Å²) in [5, 5.41) is 3.16. The molecule has 0 radical (unpaired) electrons. The van der Waals surface area contributed by atoms with Crippen molar-refractivity contribution in [3.63, 3.8) is 0 Å². The number of anilines is 1. The van der Waals surface area contributed by atoms with Crippen LogP contribution in [-0.2, 0) is 9.53 Å². The van der Waals surface area contributed by atoms with E-state index in [0.717, 1.165) is 31.9 Å². The first kappa shape index (κ1) is 26.2. The summed E-state index contributed by atoms with van der Waals surface area (Å²) in [6.45, 7) is 10.2. The summed E-state index contributed by atoms with van der Waals surface area (Å²) < 4.78 is 32.3. The molecule has 1 atom stereocenters. The Balaban J connectivity index is 0.000000497. The number of benzene rings is 2. The number of amides is 1. The van der Waals surface area contributed by atoms with Crippen LogP contribution in [0.3, 0.4) is 0 Å². The molecule has 9 heteroatoms. The van der Waals surface area contributed by atoms with Crippen LogP contribution in [0.15, 0.2) is 42.5 Å². The van der Waals surface area contributed by atoms with E-state index in [-0.39, 0.29) is 11.9 Å². The van der Waals surface area contributed by atoms with Crippen molar-refractivity contribution >= 4 is 11.6 Å². The molecule has 2 aromatic rings. The number of carbonyl (C=O) groups excluding carboxylic acids is 1. The average molecular weight is 487 g/mol. The van der Waals surface area contributed by atoms with E-state index < -0.39 is 0 Å². The maximum Gasteiger partial charge on any atom is 0.256 e. The summed E-state index contributed by atoms with van der Waals surface area (Å²) in [5.74, 6) is 2.52. The predicted molar refractivity (Wildman–Crippen MR) is 133 cm³/mol. The van der Waals surface area contributed by atoms with Crippen molar-refractivity contribution in [2.24, 2.45) is 0 Å². The molecule has 1 amide bonds. The highest BCUT2D eigenvalue weighted by Gasteiger charge is 2.44. The van der Waals surface area contributed by atoms with Crippen LogP contribution in [0.4, 0.5) is 5.69 Å². The Morgan fingerprint density at radius 2 is 1.63 bits per heavy atom. The summed E-state index contributed by atoms with van der Waals surface area (Å²) in [6.07, 6.45) is 0. The van der Waals surface area contributed by atoms with Crippen molar-refractivity contribution < 1.29 is 33.2 Å². The number of hydrogen-bond acceptors (Lipinski definition) is 8. The average Bonchev–Trinajstić information content (AvgIpc) is 2.92. The number of morpholine rings is 1. The molecule has 0 spiro atoms. The van der Waals surface area contributed by atoms with E-state index >= 15 is 0 Å². The molecule has 190 valence electrons. The fourth-order valence-corrected chi connectivity index (χ4v) is 3.94. The lowest BCUT2D eigenvalue weighted by Gasteiger charge is -2.43. The van der Waals surface area contributed by atoms with Gasteiger partial charge >= 0.3 is 0 Å². The molecular formula is C26H34N2O7. The van der Waals surface area contributed by atoms with Crippen LogP contribution in [0.25, 0.3) is 0 Å². The van der Waals surface area contributed by atoms with Crippen molar-refractivity contribution in [2.75, 3.05) is 66.2 Å². The number of nitrogens with one attached hydrogen (secondary N) is 1. The number of hydrogen-bond donors (Lipinski definition) is 1. The van der Waals surface area contributed by atoms with E-state index in [0.29, 0.717) is 46.6 Å². The Labute approximate surface area is 206 Å². The molecule has 2 heterocycles. The van der Waals surface area contributed by atoms with Crippen molar-refractivity contribution in [3.8, 4) is 28.7 Å². The molecule has 1 unspecified atom stereocenters. The van der Waals surface area contributed by atoms with Gasteiger partial charge in [0.05, 0.1) is 60.0 Å². The summed E-state index contributed by atoms with van der Waals surface area (Å²) >= 11 is 0. The second-order valence-electron chi connectivity index (χ2n) is 7.69. The number of methoxy groups -OCH3 is 4. The van der Waals surface area contributed by atoms with Gasteiger partial charge in [0, 0.05) is 42.4 Å². The van der Waals surface area contributed by atoms with Crippen LogP contribution in [0.5, 0.6) is 28.7 Å². The van der Waals surface area contributed by atoms with Gasteiger partial charge in [0.15, 0.2) is 11.5 Å². The van der Waals surface area contributed by atoms with E-state index in [1.165, 1.54) is 21.3 Å². The van der Waals surface area contributed by atoms with E-state index in [1.54, 1.807) is 24.1 Å². The topological polar surface area (TPSA) is 87.7 Å². The molecule has 2 aliphatic heterocycles. The smallest absolute Gasteiger partial charge is 0.256 e. The fourth-order valence-electron chi connectivity index (χ4n) is 3.94. The van der Waals surface area contributed by atoms with Gasteiger partial charge < -0.3 is 33.7 Å². The molecule has 35 heavy (non-hydrogen) atoms. The van der Waals surface area contributed by atoms with E-state index in [2.05, 4.69) is 11.9 Å². The van der Waals surface area contributed by atoms with Crippen molar-refractivity contribution in [1.82, 2.24) is 5.32 Å². The Morgan fingerprint density at radius 3 is 2.09 bits per heavy atom. The number of rotatable bonds is 8. The largest absolute Gasteiger partial charge is 0.497 e. The molecule has 2 aliphatic rings. The van der Waals surface area contributed by atoms with Crippen LogP contribution < -0.4 is 33.9 Å². The zero-order chi connectivity index (χ0) is 25.4. The van der Waals surface area contributed by atoms with Crippen LogP contribution in [0.1, 0.15) is 18.5 Å². The lowest BCUT2D eigenvalue weighted by Crippen LogP contribution is -2.49. The highest BCUT2D eigenvalue weighted by atomic mass is 16.5. The molecule has 0 aromatic heterocycles. The first-order valence-corrected chi connectivity index (χ1v) is 11.4. The third kappa shape index (κ3) is 5.63. The zero-order valence-electron chi connectivity index (χ0n) is 21.0. The number of nitrogens with zero attached hydrogens (tertiary/aromatic N) is 1. The third-order valence-corrected chi connectivity index (χ3v) is 5.67. The molecule has 9 nitrogen and oxygen atoms in total. The first-order valence-electron chi connectivity index (χ1n) is 11.4. The molecule has 2 aromatic carbocycles. The van der Waals surface area contributed by atoms with E-state index in [4.69, 9.17) is 28.4 Å². The minimum atomic E-state index is -0.377. The summed E-state index contributed by atoms with van der Waals surface area (Å²) in [5.41, 5.74) is 1.91. The molecule has 2 fully saturated rings. The predicted octanol–water partition coefficient (Wildman–Crippen LogP) is 3.37. The second kappa shape index (κ2) is 12.3. The van der Waals surface area contributed by atoms with Crippen LogP contribution >= 0.6 is 0 Å². The monoisotopic (exact) mass is 486 g/mol. The maximum atomic E-state index is 12.7. The third-order valence-electron chi connectivity index (χ3n) is 5.67. The van der Waals surface area contributed by atoms with Gasteiger partial charge in [0.1, 0.15) is 11.5 Å². The second-order valence-corrected chi connectivity index (χ2v) is 7.69. The number of ether oxygens (including phenoxy) is 6. The molecule has 0 bridgehead atoms. The molecule has 1 N–H and O–H groups in total. The van der Waals surface area contributed by atoms with Gasteiger partial charge in [-0.25, -0.2) is 0 Å². The Hall–Kier alpha value is -3.43. The summed E-state index contributed by atoms with van der Waals surface area (Å²) in [7, 11) is 6.20. The van der Waals surface area contributed by atoms with Gasteiger partial charge in [-0.2, -0.15) is 0 Å². The maximum absolute atomic E-state index is 12.7. The van der Waals surface area contributed by atoms with Crippen LogP contribution in [0, 0.1) is 0 Å². The quantitative estimate of drug-likeness (QED) is 0.449. The van der Waals surface area contributed by atoms with Crippen LogP contribution in [0.2, 0.25) is 0 Å². The summed E-state index contributed by atoms with van der Waals surface area (Å²) in [4.78, 5) is 14.4. The Kier molecular flexibility index (Phi) is 9.22. The molecule has 2 saturated heterocycles. The molecule has 0 aliphatic carbocycles. The van der Waals surface area contributed by atoms with Crippen LogP contribution in [-0.4, -0.2) is 67.3 Å². The van der Waals surface area contributed by atoms with Crippen molar-refractivity contribution in [1.29, 1.82) is 0 Å². The SMILES string of the molecule is C1COCCN1.C=C1C(=O)N(c2cc(OC)c(OC)c(OC)c2)C1c1ccc(OC)cc1OCC. The minimum Gasteiger partial charge on any atom is -0.497 e. The van der Waals surface area contributed by atoms with Gasteiger partial charge in [-0.15, -0.1) is 0 Å². The minimum absolute atomic E-state index is 0.178. The lowest BCUT2D eigenvalue weighted by atomic mass is 9.87. The molecular weight excluding hydrogens is 452 g/mol. The van der Waals surface area contributed by atoms with Gasteiger partial charge in [0.2, 0.25) is 5.75 Å². The van der Waals surface area contributed by atoms with Gasteiger partial charge in [-0.05, 0) is 19.1 Å².